The van der Waals surface area contributed by atoms with E-state index in [9.17, 15) is 35.5 Å². The molecule has 2 aromatic rings. The highest BCUT2D eigenvalue weighted by Gasteiger charge is 2.64. The molecule has 1 N–H and O–H groups in total. The lowest BCUT2D eigenvalue weighted by Crippen LogP contribution is -2.59. The molecule has 0 bridgehead atoms. The summed E-state index contributed by atoms with van der Waals surface area (Å²) in [5.74, 6) is -2.04. The first kappa shape index (κ1) is 26.7. The summed E-state index contributed by atoms with van der Waals surface area (Å²) >= 11 is 5.54. The minimum Gasteiger partial charge on any atom is -0.380 e. The Morgan fingerprint density at radius 2 is 1.79 bits per heavy atom. The van der Waals surface area contributed by atoms with E-state index in [1.165, 1.54) is 18.2 Å². The third kappa shape index (κ3) is 4.41. The molecule has 0 radical (unpaired) electrons. The maximum atomic E-state index is 14.8. The summed E-state index contributed by atoms with van der Waals surface area (Å²) in [5, 5.41) is 5.27. The summed E-state index contributed by atoms with van der Waals surface area (Å²) < 4.78 is 103. The van der Waals surface area contributed by atoms with Crippen LogP contribution in [0.25, 0.3) is 0 Å². The van der Waals surface area contributed by atoms with Crippen molar-refractivity contribution in [3.8, 4) is 0 Å². The summed E-state index contributed by atoms with van der Waals surface area (Å²) in [6, 6.07) is 4.43. The number of nitrogens with zero attached hydrogens (tertiary/aromatic N) is 1. The standard InChI is InChI=1S/C25H20ClF7N2O3/c1-12-4-13(2-3-16(12)21(36)34-15-7-22(8-15)10-37-11-22)19-9-23(38-35-19,25(31,32)33)17-5-14(24(28,29)30)6-18(26)20(17)27/h2-6,15H,7-11H2,1H3,(H,34,36)/t23-/m1/s1. The SMILES string of the molecule is Cc1cc(C2=NO[C@](c3cc(C(F)(F)F)cc(Cl)c3F)(C(F)(F)F)C2)ccc1C(=O)NC1CC2(COC2)C1. The number of benzene rings is 2. The van der Waals surface area contributed by atoms with E-state index in [0.717, 1.165) is 12.8 Å². The van der Waals surface area contributed by atoms with E-state index >= 15 is 0 Å². The smallest absolute Gasteiger partial charge is 0.380 e. The molecule has 1 saturated carbocycles. The quantitative estimate of drug-likeness (QED) is 0.444. The molecule has 5 nitrogen and oxygen atoms in total. The number of hydrogen-bond acceptors (Lipinski definition) is 4. The molecule has 0 unspecified atom stereocenters. The highest BCUT2D eigenvalue weighted by Crippen LogP contribution is 2.51. The molecule has 5 rings (SSSR count). The zero-order valence-electron chi connectivity index (χ0n) is 19.7. The molecule has 2 heterocycles. The first-order chi connectivity index (χ1) is 17.6. The van der Waals surface area contributed by atoms with Crippen LogP contribution in [0.2, 0.25) is 5.02 Å². The first-order valence-corrected chi connectivity index (χ1v) is 11.9. The van der Waals surface area contributed by atoms with Crippen molar-refractivity contribution in [2.24, 2.45) is 10.6 Å². The Kier molecular flexibility index (Phi) is 6.22. The molecule has 1 atom stereocenters. The van der Waals surface area contributed by atoms with Crippen LogP contribution in [0.3, 0.4) is 0 Å². The molecule has 1 spiro atoms. The number of alkyl halides is 6. The zero-order valence-corrected chi connectivity index (χ0v) is 20.5. The van der Waals surface area contributed by atoms with Gasteiger partial charge >= 0.3 is 12.4 Å². The molecule has 2 aliphatic heterocycles. The summed E-state index contributed by atoms with van der Waals surface area (Å²) in [6.07, 6.45) is -9.94. The number of aryl methyl sites for hydroxylation is 1. The minimum atomic E-state index is -5.35. The van der Waals surface area contributed by atoms with Crippen LogP contribution in [-0.4, -0.2) is 37.1 Å². The molecule has 13 heteroatoms. The lowest BCUT2D eigenvalue weighted by molar-refractivity contribution is -0.276. The molecule has 1 saturated heterocycles. The predicted molar refractivity (Wildman–Crippen MR) is 121 cm³/mol. The van der Waals surface area contributed by atoms with E-state index in [2.05, 4.69) is 10.5 Å². The van der Waals surface area contributed by atoms with Gasteiger partial charge in [0.15, 0.2) is 0 Å². The average Bonchev–Trinajstić information content (AvgIpc) is 3.22. The highest BCUT2D eigenvalue weighted by atomic mass is 35.5. The van der Waals surface area contributed by atoms with Crippen molar-refractivity contribution in [1.82, 2.24) is 5.32 Å². The van der Waals surface area contributed by atoms with E-state index in [1.807, 2.05) is 0 Å². The van der Waals surface area contributed by atoms with Crippen molar-refractivity contribution < 1.29 is 45.1 Å². The Bertz CT molecular complexity index is 1330. The largest absolute Gasteiger partial charge is 0.435 e. The van der Waals surface area contributed by atoms with Gasteiger partial charge in [-0.15, -0.1) is 0 Å². The number of carbonyl (C=O) groups is 1. The monoisotopic (exact) mass is 564 g/mol. The second kappa shape index (κ2) is 8.84. The summed E-state index contributed by atoms with van der Waals surface area (Å²) in [4.78, 5) is 17.4. The van der Waals surface area contributed by atoms with Gasteiger partial charge in [-0.05, 0) is 55.2 Å². The van der Waals surface area contributed by atoms with Crippen molar-refractivity contribution in [1.29, 1.82) is 0 Å². The van der Waals surface area contributed by atoms with Crippen molar-refractivity contribution in [3.63, 3.8) is 0 Å². The second-order valence-corrected chi connectivity index (χ2v) is 10.5. The number of carbonyl (C=O) groups excluding carboxylic acids is 1. The normalized spacial score (nSPS) is 22.9. The van der Waals surface area contributed by atoms with Crippen molar-refractivity contribution >= 4 is 23.2 Å². The molecule has 204 valence electrons. The lowest BCUT2D eigenvalue weighted by Gasteiger charge is -2.53. The third-order valence-corrected chi connectivity index (χ3v) is 7.57. The number of nitrogens with one attached hydrogen (secondary N) is 1. The van der Waals surface area contributed by atoms with Gasteiger partial charge < -0.3 is 14.9 Å². The summed E-state index contributed by atoms with van der Waals surface area (Å²) in [7, 11) is 0. The fraction of sp³-hybridized carbons (Fsp3) is 0.440. The first-order valence-electron chi connectivity index (χ1n) is 11.5. The minimum absolute atomic E-state index is 0.000308. The van der Waals surface area contributed by atoms with E-state index in [4.69, 9.17) is 21.2 Å². The summed E-state index contributed by atoms with van der Waals surface area (Å²) in [6.45, 7) is 2.93. The Hall–Kier alpha value is -2.86. The molecular formula is C25H20ClF7N2O3. The lowest BCUT2D eigenvalue weighted by atomic mass is 9.64. The van der Waals surface area contributed by atoms with Gasteiger partial charge in [-0.2, -0.15) is 26.3 Å². The second-order valence-electron chi connectivity index (χ2n) is 10.0. The van der Waals surface area contributed by atoms with Crippen LogP contribution in [0.4, 0.5) is 30.7 Å². The van der Waals surface area contributed by atoms with Crippen LogP contribution in [0, 0.1) is 18.2 Å². The van der Waals surface area contributed by atoms with Gasteiger partial charge in [-0.1, -0.05) is 22.8 Å². The van der Waals surface area contributed by atoms with Crippen molar-refractivity contribution in [2.75, 3.05) is 13.2 Å². The summed E-state index contributed by atoms with van der Waals surface area (Å²) in [5.41, 5.74) is -5.79. The highest BCUT2D eigenvalue weighted by molar-refractivity contribution is 6.30. The van der Waals surface area contributed by atoms with Crippen molar-refractivity contribution in [3.05, 3.63) is 69.0 Å². The van der Waals surface area contributed by atoms with Crippen LogP contribution >= 0.6 is 11.6 Å². The molecular weight excluding hydrogens is 545 g/mol. The van der Waals surface area contributed by atoms with Gasteiger partial charge in [0.05, 0.1) is 35.9 Å². The van der Waals surface area contributed by atoms with Gasteiger partial charge in [0.25, 0.3) is 11.5 Å². The van der Waals surface area contributed by atoms with E-state index < -0.39 is 46.3 Å². The third-order valence-electron chi connectivity index (χ3n) is 7.29. The van der Waals surface area contributed by atoms with Crippen LogP contribution in [0.1, 0.15) is 51.9 Å². The van der Waals surface area contributed by atoms with Gasteiger partial charge in [0.2, 0.25) is 0 Å². The number of hydrogen-bond donors (Lipinski definition) is 1. The predicted octanol–water partition coefficient (Wildman–Crippen LogP) is 6.30. The topological polar surface area (TPSA) is 59.9 Å². The van der Waals surface area contributed by atoms with Crippen LogP contribution < -0.4 is 5.32 Å². The number of amides is 1. The fourth-order valence-corrected chi connectivity index (χ4v) is 5.38. The Balaban J connectivity index is 1.39. The molecule has 1 aliphatic carbocycles. The zero-order chi connectivity index (χ0) is 27.7. The van der Waals surface area contributed by atoms with E-state index in [1.54, 1.807) is 6.92 Å². The van der Waals surface area contributed by atoms with Crippen LogP contribution in [0.5, 0.6) is 0 Å². The molecule has 2 aromatic carbocycles. The molecule has 0 aromatic heterocycles. The Morgan fingerprint density at radius 3 is 2.34 bits per heavy atom. The van der Waals surface area contributed by atoms with Crippen LogP contribution in [0.15, 0.2) is 35.5 Å². The molecule has 1 amide bonds. The number of rotatable bonds is 4. The van der Waals surface area contributed by atoms with E-state index in [0.29, 0.717) is 24.3 Å². The maximum Gasteiger partial charge on any atom is 0.435 e. The molecule has 3 aliphatic rings. The fourth-order valence-electron chi connectivity index (χ4n) is 5.16. The van der Waals surface area contributed by atoms with Crippen LogP contribution in [-0.2, 0) is 21.4 Å². The van der Waals surface area contributed by atoms with Gasteiger partial charge in [0.1, 0.15) is 5.82 Å². The average molecular weight is 565 g/mol. The number of oxime groups is 1. The van der Waals surface area contributed by atoms with Crippen molar-refractivity contribution in [2.45, 2.75) is 50.2 Å². The van der Waals surface area contributed by atoms with Gasteiger partial charge in [-0.3, -0.25) is 4.79 Å². The molecule has 2 fully saturated rings. The number of ether oxygens (including phenoxy) is 1. The Labute approximate surface area is 216 Å². The van der Waals surface area contributed by atoms with Gasteiger partial charge in [0, 0.05) is 22.6 Å². The molecule has 38 heavy (non-hydrogen) atoms. The maximum absolute atomic E-state index is 14.8. The Morgan fingerprint density at radius 1 is 1.11 bits per heavy atom. The number of halogens is 8. The van der Waals surface area contributed by atoms with E-state index in [-0.39, 0.29) is 40.8 Å². The van der Waals surface area contributed by atoms with Gasteiger partial charge in [-0.25, -0.2) is 4.39 Å².